The largest absolute Gasteiger partial charge is 0.370 e. The molecule has 0 saturated heterocycles. The number of aromatic nitrogens is 2. The van der Waals surface area contributed by atoms with E-state index in [9.17, 15) is 0 Å². The third-order valence-electron chi connectivity index (χ3n) is 6.87. The summed E-state index contributed by atoms with van der Waals surface area (Å²) in [7, 11) is 0. The van der Waals surface area contributed by atoms with Crippen LogP contribution < -0.4 is 10.6 Å². The number of fused-ring (bicyclic) bond motifs is 1. The van der Waals surface area contributed by atoms with E-state index in [1.165, 1.54) is 52.6 Å². The van der Waals surface area contributed by atoms with E-state index in [-0.39, 0.29) is 0 Å². The molecule has 0 fully saturated rings. The van der Waals surface area contributed by atoms with Gasteiger partial charge in [-0.15, -0.1) is 0 Å². The molecule has 33 heavy (non-hydrogen) atoms. The van der Waals surface area contributed by atoms with E-state index in [2.05, 4.69) is 80.8 Å². The molecule has 4 heteroatoms. The van der Waals surface area contributed by atoms with E-state index < -0.39 is 0 Å². The fourth-order valence-corrected chi connectivity index (χ4v) is 5.03. The lowest BCUT2D eigenvalue weighted by Crippen LogP contribution is -2.26. The van der Waals surface area contributed by atoms with Crippen LogP contribution in [0.5, 0.6) is 0 Å². The average molecular weight is 443 g/mol. The van der Waals surface area contributed by atoms with Crippen molar-refractivity contribution in [1.82, 2.24) is 15.3 Å². The molecule has 0 amide bonds. The van der Waals surface area contributed by atoms with Gasteiger partial charge in [-0.3, -0.25) is 0 Å². The Kier molecular flexibility index (Phi) is 7.77. The molecule has 0 spiro atoms. The molecule has 0 radical (unpaired) electrons. The van der Waals surface area contributed by atoms with Crippen molar-refractivity contribution in [2.45, 2.75) is 78.8 Å². The van der Waals surface area contributed by atoms with E-state index in [1.807, 2.05) is 0 Å². The van der Waals surface area contributed by atoms with Crippen molar-refractivity contribution in [3.8, 4) is 11.4 Å². The zero-order valence-corrected chi connectivity index (χ0v) is 20.7. The summed E-state index contributed by atoms with van der Waals surface area (Å²) in [6, 6.07) is 15.8. The van der Waals surface area contributed by atoms with Crippen LogP contribution in [0, 0.1) is 6.92 Å². The zero-order valence-electron chi connectivity index (χ0n) is 20.7. The summed E-state index contributed by atoms with van der Waals surface area (Å²) >= 11 is 0. The van der Waals surface area contributed by atoms with Gasteiger partial charge in [-0.25, -0.2) is 9.97 Å². The van der Waals surface area contributed by atoms with Gasteiger partial charge in [0.1, 0.15) is 5.82 Å². The summed E-state index contributed by atoms with van der Waals surface area (Å²) in [6.07, 6.45) is 6.62. The van der Waals surface area contributed by atoms with Gasteiger partial charge in [0.25, 0.3) is 0 Å². The second-order valence-corrected chi connectivity index (χ2v) is 9.07. The van der Waals surface area contributed by atoms with Crippen LogP contribution in [0.4, 0.5) is 5.82 Å². The first-order valence-electron chi connectivity index (χ1n) is 12.7. The molecule has 1 atom stereocenters. The van der Waals surface area contributed by atoms with Gasteiger partial charge in [0, 0.05) is 36.0 Å². The zero-order chi connectivity index (χ0) is 23.2. The lowest BCUT2D eigenvalue weighted by molar-refractivity contribution is 0.458. The minimum absolute atomic E-state index is 0.389. The summed E-state index contributed by atoms with van der Waals surface area (Å²) in [6.45, 7) is 10.4. The van der Waals surface area contributed by atoms with Crippen molar-refractivity contribution < 1.29 is 0 Å². The first-order valence-corrected chi connectivity index (χ1v) is 12.7. The van der Waals surface area contributed by atoms with Crippen molar-refractivity contribution in [3.05, 3.63) is 76.0 Å². The van der Waals surface area contributed by atoms with Crippen LogP contribution in [-0.2, 0) is 25.8 Å². The predicted octanol–water partition coefficient (Wildman–Crippen LogP) is 6.57. The Balaban J connectivity index is 1.67. The number of benzene rings is 2. The number of anilines is 1. The van der Waals surface area contributed by atoms with Gasteiger partial charge in [0.2, 0.25) is 0 Å². The summed E-state index contributed by atoms with van der Waals surface area (Å²) in [5, 5.41) is 7.44. The molecule has 2 N–H and O–H groups in total. The van der Waals surface area contributed by atoms with Gasteiger partial charge < -0.3 is 10.6 Å². The standard InChI is InChI=1S/C29H38N4/c1-5-18-30-28-25(19-31-26-17-11-15-23-12-8-9-16-24(23)26)20(4)32-29(33-28)27-21(6-2)13-10-14-22(27)7-3/h8-10,12-14,16,26,31H,5-7,11,15,17-19H2,1-4H3,(H,30,32,33)/t26-/m0/s1. The smallest absolute Gasteiger partial charge is 0.162 e. The fraction of sp³-hybridized carbons (Fsp3) is 0.448. The maximum atomic E-state index is 5.10. The first kappa shape index (κ1) is 23.4. The highest BCUT2D eigenvalue weighted by molar-refractivity contribution is 5.67. The Morgan fingerprint density at radius 2 is 1.70 bits per heavy atom. The summed E-state index contributed by atoms with van der Waals surface area (Å²) in [4.78, 5) is 10.2. The molecular formula is C29H38N4. The highest BCUT2D eigenvalue weighted by Gasteiger charge is 2.21. The van der Waals surface area contributed by atoms with Crippen LogP contribution in [0.2, 0.25) is 0 Å². The Bertz CT molecular complexity index is 1070. The fourth-order valence-electron chi connectivity index (χ4n) is 5.03. The van der Waals surface area contributed by atoms with Crippen molar-refractivity contribution in [2.75, 3.05) is 11.9 Å². The normalized spacial score (nSPS) is 15.3. The minimum Gasteiger partial charge on any atom is -0.370 e. The number of hydrogen-bond acceptors (Lipinski definition) is 4. The van der Waals surface area contributed by atoms with E-state index in [0.717, 1.165) is 49.7 Å². The predicted molar refractivity (Wildman–Crippen MR) is 139 cm³/mol. The quantitative estimate of drug-likeness (QED) is 0.394. The van der Waals surface area contributed by atoms with Gasteiger partial charge >= 0.3 is 0 Å². The number of nitrogens with one attached hydrogen (secondary N) is 2. The Morgan fingerprint density at radius 1 is 0.939 bits per heavy atom. The van der Waals surface area contributed by atoms with Crippen LogP contribution in [0.1, 0.15) is 79.6 Å². The van der Waals surface area contributed by atoms with Crippen LogP contribution in [0.15, 0.2) is 42.5 Å². The number of aryl methyl sites for hydroxylation is 4. The summed E-state index contributed by atoms with van der Waals surface area (Å²) in [5.74, 6) is 1.83. The maximum absolute atomic E-state index is 5.10. The van der Waals surface area contributed by atoms with E-state index in [4.69, 9.17) is 9.97 Å². The van der Waals surface area contributed by atoms with Crippen molar-refractivity contribution >= 4 is 5.82 Å². The topological polar surface area (TPSA) is 49.8 Å². The lowest BCUT2D eigenvalue weighted by atomic mass is 9.87. The molecule has 1 aromatic heterocycles. The van der Waals surface area contributed by atoms with Crippen LogP contribution in [0.3, 0.4) is 0 Å². The van der Waals surface area contributed by atoms with Crippen molar-refractivity contribution in [3.63, 3.8) is 0 Å². The molecule has 174 valence electrons. The van der Waals surface area contributed by atoms with Gasteiger partial charge in [-0.2, -0.15) is 0 Å². The minimum atomic E-state index is 0.389. The molecule has 1 aliphatic carbocycles. The van der Waals surface area contributed by atoms with Gasteiger partial charge in [0.15, 0.2) is 5.82 Å². The molecule has 0 saturated carbocycles. The highest BCUT2D eigenvalue weighted by atomic mass is 15.0. The van der Waals surface area contributed by atoms with E-state index >= 15 is 0 Å². The number of rotatable bonds is 9. The molecule has 0 unspecified atom stereocenters. The molecule has 2 aromatic carbocycles. The van der Waals surface area contributed by atoms with Crippen LogP contribution >= 0.6 is 0 Å². The Morgan fingerprint density at radius 3 is 2.42 bits per heavy atom. The highest BCUT2D eigenvalue weighted by Crippen LogP contribution is 2.32. The SMILES string of the molecule is CCCNc1nc(-c2c(CC)cccc2CC)nc(C)c1CN[C@H]1CCCc2ccccc21. The Labute approximate surface area is 199 Å². The van der Waals surface area contributed by atoms with Crippen LogP contribution in [0.25, 0.3) is 11.4 Å². The molecule has 3 aromatic rings. The van der Waals surface area contributed by atoms with Crippen LogP contribution in [-0.4, -0.2) is 16.5 Å². The van der Waals surface area contributed by atoms with E-state index in [0.29, 0.717) is 6.04 Å². The molecule has 0 bridgehead atoms. The van der Waals surface area contributed by atoms with E-state index in [1.54, 1.807) is 0 Å². The third-order valence-corrected chi connectivity index (χ3v) is 6.87. The first-order chi connectivity index (χ1) is 16.2. The molecule has 4 rings (SSSR count). The second kappa shape index (κ2) is 10.9. The number of nitrogens with zero attached hydrogens (tertiary/aromatic N) is 2. The van der Waals surface area contributed by atoms with Gasteiger partial charge in [-0.05, 0) is 67.7 Å². The maximum Gasteiger partial charge on any atom is 0.162 e. The molecule has 1 heterocycles. The average Bonchev–Trinajstić information content (AvgIpc) is 2.86. The molecule has 0 aliphatic heterocycles. The van der Waals surface area contributed by atoms with Gasteiger partial charge in [0.05, 0.1) is 0 Å². The molecular weight excluding hydrogens is 404 g/mol. The summed E-state index contributed by atoms with van der Waals surface area (Å²) in [5.41, 5.74) is 9.03. The Hall–Kier alpha value is -2.72. The number of hydrogen-bond donors (Lipinski definition) is 2. The molecule has 4 nitrogen and oxygen atoms in total. The molecule has 1 aliphatic rings. The lowest BCUT2D eigenvalue weighted by Gasteiger charge is -2.27. The summed E-state index contributed by atoms with van der Waals surface area (Å²) < 4.78 is 0. The van der Waals surface area contributed by atoms with Crippen molar-refractivity contribution in [2.24, 2.45) is 0 Å². The second-order valence-electron chi connectivity index (χ2n) is 9.07. The monoisotopic (exact) mass is 442 g/mol. The van der Waals surface area contributed by atoms with Gasteiger partial charge in [-0.1, -0.05) is 63.2 Å². The third kappa shape index (κ3) is 5.11. The van der Waals surface area contributed by atoms with Crippen molar-refractivity contribution in [1.29, 1.82) is 0 Å².